The van der Waals surface area contributed by atoms with Crippen molar-refractivity contribution < 1.29 is 29.1 Å². The summed E-state index contributed by atoms with van der Waals surface area (Å²) in [6.45, 7) is 5.32. The van der Waals surface area contributed by atoms with E-state index in [1.165, 1.54) is 0 Å². The van der Waals surface area contributed by atoms with Gasteiger partial charge in [0.2, 0.25) is 11.8 Å². The summed E-state index contributed by atoms with van der Waals surface area (Å²) in [6, 6.07) is 12.0. The molecule has 2 aromatic rings. The van der Waals surface area contributed by atoms with Crippen LogP contribution in [-0.4, -0.2) is 131 Å². The van der Waals surface area contributed by atoms with Crippen molar-refractivity contribution in [3.63, 3.8) is 0 Å². The molecule has 0 spiro atoms. The van der Waals surface area contributed by atoms with Gasteiger partial charge in [-0.2, -0.15) is 0 Å². The van der Waals surface area contributed by atoms with Crippen LogP contribution in [0.3, 0.4) is 0 Å². The number of amides is 6. The summed E-state index contributed by atoms with van der Waals surface area (Å²) in [5.74, 6) is -1.39. The number of phenolic OH excluding ortho intramolecular Hbond substituents is 1. The van der Waals surface area contributed by atoms with Crippen molar-refractivity contribution in [2.45, 2.75) is 62.7 Å². The fraction of sp³-hybridized carbons (Fsp3) is 0.462. The maximum absolute atomic E-state index is 13.7. The third-order valence-electron chi connectivity index (χ3n) is 11.9. The lowest BCUT2D eigenvalue weighted by Crippen LogP contribution is -2.62. The first-order valence-electron chi connectivity index (χ1n) is 19.2. The predicted octanol–water partition coefficient (Wildman–Crippen LogP) is 0.653. The molecule has 6 heterocycles. The van der Waals surface area contributed by atoms with Gasteiger partial charge in [0, 0.05) is 87.8 Å². The number of imide groups is 2. The normalized spacial score (nSPS) is 24.2. The highest BCUT2D eigenvalue weighted by Gasteiger charge is 2.45. The zero-order chi connectivity index (χ0) is 38.4. The van der Waals surface area contributed by atoms with Crippen LogP contribution < -0.4 is 32.3 Å². The summed E-state index contributed by atoms with van der Waals surface area (Å²) in [4.78, 5) is 73.5. The number of nitrogens with one attached hydrogen (secondary N) is 3. The Labute approximate surface area is 319 Å². The number of piperazine rings is 1. The lowest BCUT2D eigenvalue weighted by molar-refractivity contribution is -0.136. The quantitative estimate of drug-likeness (QED) is 0.225. The second-order valence-electron chi connectivity index (χ2n) is 15.2. The van der Waals surface area contributed by atoms with Gasteiger partial charge in [0.05, 0.1) is 22.9 Å². The molecule has 2 unspecified atom stereocenters. The number of phenols is 1. The van der Waals surface area contributed by atoms with Crippen LogP contribution in [0, 0.1) is 0 Å². The fourth-order valence-electron chi connectivity index (χ4n) is 8.83. The van der Waals surface area contributed by atoms with E-state index in [-0.39, 0.29) is 36.2 Å². The van der Waals surface area contributed by atoms with E-state index in [0.29, 0.717) is 74.0 Å². The number of urea groups is 1. The van der Waals surface area contributed by atoms with Crippen molar-refractivity contribution >= 4 is 41.0 Å². The number of piperidine rings is 3. The minimum Gasteiger partial charge on any atom is -0.507 e. The van der Waals surface area contributed by atoms with E-state index in [1.54, 1.807) is 36.4 Å². The van der Waals surface area contributed by atoms with Crippen molar-refractivity contribution in [3.05, 3.63) is 76.7 Å². The molecule has 4 fully saturated rings. The van der Waals surface area contributed by atoms with E-state index in [9.17, 15) is 29.1 Å². The van der Waals surface area contributed by atoms with Crippen LogP contribution in [0.5, 0.6) is 5.75 Å². The summed E-state index contributed by atoms with van der Waals surface area (Å²) < 4.78 is 0. The van der Waals surface area contributed by atoms with Gasteiger partial charge >= 0.3 is 6.03 Å². The van der Waals surface area contributed by atoms with Gasteiger partial charge in [-0.15, -0.1) is 0 Å². The largest absolute Gasteiger partial charge is 0.507 e. The Kier molecular flexibility index (Phi) is 9.75. The predicted molar refractivity (Wildman–Crippen MR) is 203 cm³/mol. The molecule has 0 bridgehead atoms. The Bertz CT molecular complexity index is 1970. The smallest absolute Gasteiger partial charge is 0.320 e. The summed E-state index contributed by atoms with van der Waals surface area (Å²) in [6.07, 6.45) is 5.59. The van der Waals surface area contributed by atoms with Crippen LogP contribution in [0.25, 0.3) is 5.70 Å². The molecule has 6 amide bonds. The number of rotatable bonds is 6. The van der Waals surface area contributed by atoms with E-state index < -0.39 is 29.7 Å². The maximum atomic E-state index is 13.7. The van der Waals surface area contributed by atoms with E-state index >= 15 is 0 Å². The molecule has 6 aliphatic heterocycles. The average Bonchev–Trinajstić information content (AvgIpc) is 3.44. The number of hydrogen-bond acceptors (Lipinski definition) is 12. The molecule has 8 rings (SSSR count). The van der Waals surface area contributed by atoms with Crippen molar-refractivity contribution in [3.8, 4) is 5.75 Å². The molecule has 0 radical (unpaired) electrons. The molecule has 2 aromatic carbocycles. The van der Waals surface area contributed by atoms with Gasteiger partial charge in [-0.3, -0.25) is 29.4 Å². The highest BCUT2D eigenvalue weighted by Crippen LogP contribution is 2.32. The Morgan fingerprint density at radius 1 is 0.855 bits per heavy atom. The number of allylic oxidation sites excluding steroid dienone is 1. The molecule has 0 saturated carbocycles. The number of nitrogens with zero attached hydrogens (tertiary/aromatic N) is 5. The number of carbonyl (C=O) groups is 5. The average molecular weight is 753 g/mol. The molecule has 0 aromatic heterocycles. The lowest BCUT2D eigenvalue weighted by atomic mass is 9.98. The first-order valence-corrected chi connectivity index (χ1v) is 19.2. The first-order chi connectivity index (χ1) is 26.5. The molecule has 0 aliphatic carbocycles. The molecular formula is C39H48N10O6. The van der Waals surface area contributed by atoms with Crippen molar-refractivity contribution in [2.75, 3.05) is 57.3 Å². The standard InChI is InChI=1S/C39H48N10O6/c40-30(28-3-1-2-4-33(28)50)20-32-35(41)42-21-26-22-47(17-18-48(26)32)39(55)46-15-11-24(12-16-46)43-23-9-13-45(14-10-23)25-5-6-27-29(19-25)38(54)49(37(27)53)31-7-8-34(51)44-36(31)52/h1-6,19-20,23-24,26,31,42-43,50H,7-18,21-22,40-41H2,(H,44,51,52)/b30-20-. The minimum atomic E-state index is -0.983. The first kappa shape index (κ1) is 36.2. The number of benzene rings is 2. The Balaban J connectivity index is 0.799. The monoisotopic (exact) mass is 752 g/mol. The number of nitrogens with two attached hydrogens (primary N) is 2. The topological polar surface area (TPSA) is 210 Å². The van der Waals surface area contributed by atoms with Crippen LogP contribution >= 0.6 is 0 Å². The SMILES string of the molecule is NC1=C(/C=C(\N)c2ccccc2O)N2CCN(C(=O)N3CCC(NC4CCN(c5ccc6c(c5)C(=O)N(C5CCC(=O)NC5=O)C6=O)CC4)CC3)CC2CN1. The number of hydrogen-bond donors (Lipinski definition) is 6. The fourth-order valence-corrected chi connectivity index (χ4v) is 8.83. The van der Waals surface area contributed by atoms with Crippen molar-refractivity contribution in [1.82, 2.24) is 35.6 Å². The molecular weight excluding hydrogens is 704 g/mol. The van der Waals surface area contributed by atoms with E-state index in [0.717, 1.165) is 55.1 Å². The number of aromatic hydroxyl groups is 1. The third-order valence-corrected chi connectivity index (χ3v) is 11.9. The molecule has 2 atom stereocenters. The molecule has 4 saturated heterocycles. The van der Waals surface area contributed by atoms with Crippen LogP contribution in [-0.2, 0) is 9.59 Å². The highest BCUT2D eigenvalue weighted by atomic mass is 16.3. The lowest BCUT2D eigenvalue weighted by Gasteiger charge is -2.47. The van der Waals surface area contributed by atoms with Crippen molar-refractivity contribution in [1.29, 1.82) is 0 Å². The summed E-state index contributed by atoms with van der Waals surface area (Å²) in [5.41, 5.74) is 15.9. The molecule has 16 nitrogen and oxygen atoms in total. The molecule has 290 valence electrons. The number of likely N-dealkylation sites (tertiary alicyclic amines) is 1. The molecule has 55 heavy (non-hydrogen) atoms. The van der Waals surface area contributed by atoms with Gasteiger partial charge in [-0.05, 0) is 68.5 Å². The van der Waals surface area contributed by atoms with Gasteiger partial charge in [-0.25, -0.2) is 4.79 Å². The van der Waals surface area contributed by atoms with Crippen molar-refractivity contribution in [2.24, 2.45) is 11.5 Å². The molecule has 16 heteroatoms. The van der Waals surface area contributed by atoms with Gasteiger partial charge in [-0.1, -0.05) is 12.1 Å². The van der Waals surface area contributed by atoms with Crippen LogP contribution in [0.2, 0.25) is 0 Å². The summed E-state index contributed by atoms with van der Waals surface area (Å²) in [5, 5.41) is 19.6. The van der Waals surface area contributed by atoms with E-state index in [2.05, 4.69) is 25.8 Å². The Hall–Kier alpha value is -5.77. The third kappa shape index (κ3) is 7.01. The Morgan fingerprint density at radius 3 is 2.29 bits per heavy atom. The van der Waals surface area contributed by atoms with E-state index in [1.807, 2.05) is 21.9 Å². The van der Waals surface area contributed by atoms with Crippen LogP contribution in [0.15, 0.2) is 60.1 Å². The van der Waals surface area contributed by atoms with Crippen LogP contribution in [0.1, 0.15) is 64.8 Å². The van der Waals surface area contributed by atoms with Gasteiger partial charge < -0.3 is 46.8 Å². The minimum absolute atomic E-state index is 0.0332. The number of carbonyl (C=O) groups excluding carboxylic acids is 5. The zero-order valence-corrected chi connectivity index (χ0v) is 30.7. The second-order valence-corrected chi connectivity index (χ2v) is 15.2. The number of para-hydroxylation sites is 1. The highest BCUT2D eigenvalue weighted by molar-refractivity contribution is 6.23. The summed E-state index contributed by atoms with van der Waals surface area (Å²) in [7, 11) is 0. The number of fused-ring (bicyclic) bond motifs is 2. The van der Waals surface area contributed by atoms with Gasteiger partial charge in [0.25, 0.3) is 11.8 Å². The zero-order valence-electron chi connectivity index (χ0n) is 30.7. The van der Waals surface area contributed by atoms with E-state index in [4.69, 9.17) is 11.5 Å². The van der Waals surface area contributed by atoms with Gasteiger partial charge in [0.15, 0.2) is 0 Å². The maximum Gasteiger partial charge on any atom is 0.320 e. The van der Waals surface area contributed by atoms with Gasteiger partial charge in [0.1, 0.15) is 17.6 Å². The molecule has 6 aliphatic rings. The van der Waals surface area contributed by atoms with Crippen LogP contribution in [0.4, 0.5) is 10.5 Å². The second kappa shape index (κ2) is 14.8. The summed E-state index contributed by atoms with van der Waals surface area (Å²) >= 11 is 0. The Morgan fingerprint density at radius 2 is 1.56 bits per heavy atom. The number of anilines is 1. The molecule has 8 N–H and O–H groups in total.